The Kier molecular flexibility index (Phi) is 6.95. The van der Waals surface area contributed by atoms with Crippen molar-refractivity contribution in [3.8, 4) is 0 Å². The van der Waals surface area contributed by atoms with E-state index in [1.807, 2.05) is 13.0 Å². The van der Waals surface area contributed by atoms with Crippen molar-refractivity contribution in [2.45, 2.75) is 45.1 Å². The van der Waals surface area contributed by atoms with E-state index in [1.165, 1.54) is 16.3 Å². The fourth-order valence-corrected chi connectivity index (χ4v) is 4.74. The van der Waals surface area contributed by atoms with Crippen LogP contribution in [0.1, 0.15) is 31.9 Å². The van der Waals surface area contributed by atoms with Crippen molar-refractivity contribution < 1.29 is 22.7 Å². The van der Waals surface area contributed by atoms with Crippen molar-refractivity contribution in [3.05, 3.63) is 29.3 Å². The van der Waals surface area contributed by atoms with Gasteiger partial charge in [0.2, 0.25) is 15.9 Å². The zero-order valence-corrected chi connectivity index (χ0v) is 18.9. The second-order valence-electron chi connectivity index (χ2n) is 8.39. The topological polar surface area (TPSA) is 87.2 Å². The van der Waals surface area contributed by atoms with E-state index in [2.05, 4.69) is 0 Å². The number of hydrogen-bond donors (Lipinski definition) is 0. The second kappa shape index (κ2) is 8.71. The van der Waals surface area contributed by atoms with Crippen molar-refractivity contribution in [2.24, 2.45) is 0 Å². The van der Waals surface area contributed by atoms with Gasteiger partial charge >= 0.3 is 6.09 Å². The molecule has 29 heavy (non-hydrogen) atoms. The molecule has 1 aliphatic rings. The Morgan fingerprint density at radius 3 is 2.21 bits per heavy atom. The number of piperazine rings is 1. The van der Waals surface area contributed by atoms with E-state index in [4.69, 9.17) is 4.74 Å². The van der Waals surface area contributed by atoms with E-state index in [0.29, 0.717) is 10.5 Å². The molecule has 162 valence electrons. The second-order valence-corrected chi connectivity index (χ2v) is 10.3. The number of benzene rings is 1. The summed E-state index contributed by atoms with van der Waals surface area (Å²) in [5.74, 6) is -0.234. The molecule has 2 amide bonds. The highest BCUT2D eigenvalue weighted by Crippen LogP contribution is 2.22. The smallest absolute Gasteiger partial charge is 0.410 e. The van der Waals surface area contributed by atoms with Crippen LogP contribution in [0.3, 0.4) is 0 Å². The summed E-state index contributed by atoms with van der Waals surface area (Å²) < 4.78 is 32.6. The molecule has 9 heteroatoms. The first kappa shape index (κ1) is 23.2. The highest BCUT2D eigenvalue weighted by molar-refractivity contribution is 7.89. The third-order valence-corrected chi connectivity index (χ3v) is 6.68. The first-order chi connectivity index (χ1) is 13.3. The number of likely N-dealkylation sites (N-methyl/N-ethyl adjacent to an activating group) is 1. The summed E-state index contributed by atoms with van der Waals surface area (Å²) in [5, 5.41) is 0. The van der Waals surface area contributed by atoms with E-state index in [-0.39, 0.29) is 38.6 Å². The molecule has 0 aromatic heterocycles. The molecular weight excluding hydrogens is 394 g/mol. The number of carbonyl (C=O) groups excluding carboxylic acids is 2. The number of aryl methyl sites for hydroxylation is 2. The van der Waals surface area contributed by atoms with Gasteiger partial charge in [0.05, 0.1) is 4.90 Å². The lowest BCUT2D eigenvalue weighted by molar-refractivity contribution is -0.133. The highest BCUT2D eigenvalue weighted by atomic mass is 32.2. The minimum Gasteiger partial charge on any atom is -0.444 e. The predicted molar refractivity (Wildman–Crippen MR) is 110 cm³/mol. The van der Waals surface area contributed by atoms with E-state index >= 15 is 0 Å². The number of rotatable bonds is 4. The molecule has 1 aromatic rings. The van der Waals surface area contributed by atoms with Gasteiger partial charge in [-0.15, -0.1) is 0 Å². The first-order valence-electron chi connectivity index (χ1n) is 9.60. The molecule has 0 unspecified atom stereocenters. The summed E-state index contributed by atoms with van der Waals surface area (Å²) in [6.07, 6.45) is -0.568. The summed E-state index contributed by atoms with van der Waals surface area (Å²) in [5.41, 5.74) is 1.08. The summed E-state index contributed by atoms with van der Waals surface area (Å²) in [6.45, 7) is 9.88. The summed E-state index contributed by atoms with van der Waals surface area (Å²) in [7, 11) is -2.10. The molecule has 0 saturated carbocycles. The Bertz CT molecular complexity index is 869. The van der Waals surface area contributed by atoms with Crippen LogP contribution in [0, 0.1) is 13.8 Å². The SMILES string of the molecule is Cc1ccc(S(=O)(=O)N2CCN(C(=O)CN(C)C(=O)OC(C)(C)C)CC2)c(C)c1. The zero-order valence-electron chi connectivity index (χ0n) is 18.1. The molecule has 0 N–H and O–H groups in total. The Balaban J connectivity index is 1.96. The van der Waals surface area contributed by atoms with Gasteiger partial charge in [0.15, 0.2) is 0 Å². The minimum absolute atomic E-state index is 0.112. The molecule has 1 fully saturated rings. The first-order valence-corrected chi connectivity index (χ1v) is 11.0. The van der Waals surface area contributed by atoms with E-state index in [9.17, 15) is 18.0 Å². The summed E-state index contributed by atoms with van der Waals surface area (Å²) in [4.78, 5) is 27.6. The predicted octanol–water partition coefficient (Wildman–Crippen LogP) is 2.00. The van der Waals surface area contributed by atoms with Crippen LogP contribution in [0.4, 0.5) is 4.79 Å². The Morgan fingerprint density at radius 2 is 1.69 bits per heavy atom. The van der Waals surface area contributed by atoms with Crippen LogP contribution in [-0.4, -0.2) is 79.9 Å². The van der Waals surface area contributed by atoms with E-state index < -0.39 is 21.7 Å². The van der Waals surface area contributed by atoms with Crippen molar-refractivity contribution in [1.82, 2.24) is 14.1 Å². The van der Waals surface area contributed by atoms with Gasteiger partial charge in [-0.05, 0) is 46.2 Å². The number of nitrogens with zero attached hydrogens (tertiary/aromatic N) is 3. The van der Waals surface area contributed by atoms with Crippen molar-refractivity contribution in [1.29, 1.82) is 0 Å². The Morgan fingerprint density at radius 1 is 1.10 bits per heavy atom. The maximum Gasteiger partial charge on any atom is 0.410 e. The fraction of sp³-hybridized carbons (Fsp3) is 0.600. The van der Waals surface area contributed by atoms with E-state index in [1.54, 1.807) is 44.7 Å². The van der Waals surface area contributed by atoms with Crippen LogP contribution in [0.2, 0.25) is 0 Å². The largest absolute Gasteiger partial charge is 0.444 e. The Labute approximate surface area is 173 Å². The molecule has 0 spiro atoms. The summed E-state index contributed by atoms with van der Waals surface area (Å²) in [6, 6.07) is 5.26. The van der Waals surface area contributed by atoms with Crippen LogP contribution in [0.5, 0.6) is 0 Å². The van der Waals surface area contributed by atoms with Crippen molar-refractivity contribution in [3.63, 3.8) is 0 Å². The molecular formula is C20H31N3O5S. The van der Waals surface area contributed by atoms with Gasteiger partial charge in [0.25, 0.3) is 0 Å². The van der Waals surface area contributed by atoms with Gasteiger partial charge in [0, 0.05) is 33.2 Å². The lowest BCUT2D eigenvalue weighted by Crippen LogP contribution is -2.52. The van der Waals surface area contributed by atoms with Crippen molar-refractivity contribution >= 4 is 22.0 Å². The lowest BCUT2D eigenvalue weighted by Gasteiger charge is -2.35. The lowest BCUT2D eigenvalue weighted by atomic mass is 10.2. The molecule has 2 rings (SSSR count). The molecule has 8 nitrogen and oxygen atoms in total. The number of sulfonamides is 1. The van der Waals surface area contributed by atoms with Gasteiger partial charge in [-0.2, -0.15) is 4.31 Å². The van der Waals surface area contributed by atoms with Gasteiger partial charge in [-0.25, -0.2) is 13.2 Å². The number of carbonyl (C=O) groups is 2. The monoisotopic (exact) mass is 425 g/mol. The van der Waals surface area contributed by atoms with Gasteiger partial charge in [0.1, 0.15) is 12.1 Å². The standard InChI is InChI=1S/C20H31N3O5S/c1-15-7-8-17(16(2)13-15)29(26,27)23-11-9-22(10-12-23)18(24)14-21(6)19(25)28-20(3,4)5/h7-8,13H,9-12,14H2,1-6H3. The molecule has 0 atom stereocenters. The van der Waals surface area contributed by atoms with Crippen LogP contribution in [0.15, 0.2) is 23.1 Å². The van der Waals surface area contributed by atoms with Gasteiger partial charge in [-0.3, -0.25) is 4.79 Å². The average molecular weight is 426 g/mol. The van der Waals surface area contributed by atoms with Gasteiger partial charge in [-0.1, -0.05) is 17.7 Å². The highest BCUT2D eigenvalue weighted by Gasteiger charge is 2.32. The fourth-order valence-electron chi connectivity index (χ4n) is 3.11. The zero-order chi connectivity index (χ0) is 22.0. The number of ether oxygens (including phenoxy) is 1. The average Bonchev–Trinajstić information content (AvgIpc) is 2.60. The number of hydrogen-bond acceptors (Lipinski definition) is 5. The maximum atomic E-state index is 12.9. The van der Waals surface area contributed by atoms with Crippen LogP contribution < -0.4 is 0 Å². The summed E-state index contributed by atoms with van der Waals surface area (Å²) >= 11 is 0. The molecule has 1 aliphatic heterocycles. The number of amides is 2. The Hall–Kier alpha value is -2.13. The minimum atomic E-state index is -3.60. The molecule has 1 aromatic carbocycles. The molecule has 1 saturated heterocycles. The third-order valence-electron chi connectivity index (χ3n) is 4.62. The molecule has 1 heterocycles. The normalized spacial score (nSPS) is 15.9. The molecule has 0 bridgehead atoms. The van der Waals surface area contributed by atoms with Crippen LogP contribution in [-0.2, 0) is 19.6 Å². The van der Waals surface area contributed by atoms with Crippen LogP contribution in [0.25, 0.3) is 0 Å². The van der Waals surface area contributed by atoms with Gasteiger partial charge < -0.3 is 14.5 Å². The van der Waals surface area contributed by atoms with E-state index in [0.717, 1.165) is 5.56 Å². The van der Waals surface area contributed by atoms with Crippen molar-refractivity contribution in [2.75, 3.05) is 39.8 Å². The third kappa shape index (κ3) is 5.93. The molecule has 0 aliphatic carbocycles. The maximum absolute atomic E-state index is 12.9. The molecule has 0 radical (unpaired) electrons. The quantitative estimate of drug-likeness (QED) is 0.736. The van der Waals surface area contributed by atoms with Crippen LogP contribution >= 0.6 is 0 Å².